The van der Waals surface area contributed by atoms with Gasteiger partial charge in [0.05, 0.1) is 5.56 Å². The average molecular weight is 373 g/mol. The van der Waals surface area contributed by atoms with Gasteiger partial charge in [-0.25, -0.2) is 4.79 Å². The van der Waals surface area contributed by atoms with Crippen LogP contribution in [0, 0.1) is 0 Å². The highest BCUT2D eigenvalue weighted by Gasteiger charge is 2.19. The zero-order valence-electron chi connectivity index (χ0n) is 14.5. The fourth-order valence-electron chi connectivity index (χ4n) is 2.39. The number of carbonyl (C=O) groups excluding carboxylic acids is 2. The van der Waals surface area contributed by atoms with Crippen LogP contribution in [0.3, 0.4) is 0 Å². The number of ether oxygens (including phenoxy) is 3. The zero-order chi connectivity index (χ0) is 18.5. The first-order chi connectivity index (χ1) is 12.6. The van der Waals surface area contributed by atoms with Crippen molar-refractivity contribution in [2.45, 2.75) is 24.5 Å². The Hall–Kier alpha value is -2.67. The maximum absolute atomic E-state index is 12.2. The van der Waals surface area contributed by atoms with Crippen LogP contribution in [0.1, 0.15) is 22.8 Å². The third-order valence-corrected chi connectivity index (χ3v) is 4.63. The van der Waals surface area contributed by atoms with Gasteiger partial charge in [0, 0.05) is 11.4 Å². The minimum atomic E-state index is -0.892. The van der Waals surface area contributed by atoms with Crippen molar-refractivity contribution in [2.75, 3.05) is 13.0 Å². The molecule has 2 aromatic rings. The summed E-state index contributed by atoms with van der Waals surface area (Å²) in [7, 11) is 0. The number of nitrogens with one attached hydrogen (secondary N) is 1. The molecule has 26 heavy (non-hydrogen) atoms. The van der Waals surface area contributed by atoms with Crippen LogP contribution < -0.4 is 14.8 Å². The predicted molar refractivity (Wildman–Crippen MR) is 97.5 cm³/mol. The van der Waals surface area contributed by atoms with Gasteiger partial charge in [-0.05, 0) is 55.1 Å². The Kier molecular flexibility index (Phi) is 5.68. The molecule has 1 N–H and O–H groups in total. The Morgan fingerprint density at radius 2 is 1.88 bits per heavy atom. The summed E-state index contributed by atoms with van der Waals surface area (Å²) in [5.41, 5.74) is 1.28. The summed E-state index contributed by atoms with van der Waals surface area (Å²) in [6.07, 6.45) is 1.07. The van der Waals surface area contributed by atoms with Crippen molar-refractivity contribution in [1.82, 2.24) is 5.32 Å². The van der Waals surface area contributed by atoms with Gasteiger partial charge in [-0.3, -0.25) is 4.79 Å². The number of esters is 1. The normalized spacial score (nSPS) is 13.2. The molecule has 1 atom stereocenters. The van der Waals surface area contributed by atoms with Crippen LogP contribution in [0.4, 0.5) is 0 Å². The molecule has 1 heterocycles. The van der Waals surface area contributed by atoms with Crippen LogP contribution in [0.5, 0.6) is 11.5 Å². The molecule has 0 saturated heterocycles. The van der Waals surface area contributed by atoms with Crippen molar-refractivity contribution in [3.05, 3.63) is 53.6 Å². The third kappa shape index (κ3) is 4.29. The molecule has 0 aromatic heterocycles. The summed E-state index contributed by atoms with van der Waals surface area (Å²) in [6, 6.07) is 12.5. The van der Waals surface area contributed by atoms with Gasteiger partial charge in [0.1, 0.15) is 0 Å². The molecule has 0 spiro atoms. The standard InChI is InChI=1S/C19H19NO5S/c1-12(25-19(22)14-4-6-15(26-2)7-5-14)18(21)20-10-13-3-8-16-17(9-13)24-11-23-16/h3-9,12H,10-11H2,1-2H3,(H,20,21)/t12-/m0/s1. The predicted octanol–water partition coefficient (Wildman–Crippen LogP) is 3.00. The van der Waals surface area contributed by atoms with Crippen molar-refractivity contribution in [3.8, 4) is 11.5 Å². The van der Waals surface area contributed by atoms with Crippen molar-refractivity contribution in [3.63, 3.8) is 0 Å². The highest BCUT2D eigenvalue weighted by Crippen LogP contribution is 2.32. The molecule has 1 aliphatic heterocycles. The van der Waals surface area contributed by atoms with Crippen molar-refractivity contribution >= 4 is 23.6 Å². The number of rotatable bonds is 6. The Bertz CT molecular complexity index is 806. The van der Waals surface area contributed by atoms with Crippen LogP contribution >= 0.6 is 11.8 Å². The maximum Gasteiger partial charge on any atom is 0.338 e. The number of hydrogen-bond donors (Lipinski definition) is 1. The van der Waals surface area contributed by atoms with Crippen molar-refractivity contribution in [2.24, 2.45) is 0 Å². The molecule has 1 aliphatic rings. The molecule has 2 aromatic carbocycles. The molecule has 0 bridgehead atoms. The summed E-state index contributed by atoms with van der Waals surface area (Å²) in [5.74, 6) is 0.458. The first kappa shape index (κ1) is 18.1. The second kappa shape index (κ2) is 8.14. The van der Waals surface area contributed by atoms with E-state index in [2.05, 4.69) is 5.32 Å². The van der Waals surface area contributed by atoms with Gasteiger partial charge in [-0.1, -0.05) is 6.07 Å². The number of hydrogen-bond acceptors (Lipinski definition) is 6. The van der Waals surface area contributed by atoms with Crippen LogP contribution in [0.25, 0.3) is 0 Å². The lowest BCUT2D eigenvalue weighted by Gasteiger charge is -2.14. The fraction of sp³-hybridized carbons (Fsp3) is 0.263. The van der Waals surface area contributed by atoms with Crippen LogP contribution in [-0.2, 0) is 16.1 Å². The summed E-state index contributed by atoms with van der Waals surface area (Å²) in [5, 5.41) is 2.75. The minimum Gasteiger partial charge on any atom is -0.454 e. The lowest BCUT2D eigenvalue weighted by molar-refractivity contribution is -0.129. The smallest absolute Gasteiger partial charge is 0.338 e. The van der Waals surface area contributed by atoms with Gasteiger partial charge in [0.15, 0.2) is 17.6 Å². The van der Waals surface area contributed by atoms with Crippen LogP contribution in [-0.4, -0.2) is 31.0 Å². The zero-order valence-corrected chi connectivity index (χ0v) is 15.3. The van der Waals surface area contributed by atoms with E-state index in [9.17, 15) is 9.59 Å². The topological polar surface area (TPSA) is 73.9 Å². The first-order valence-corrected chi connectivity index (χ1v) is 9.30. The molecule has 0 radical (unpaired) electrons. The molecule has 6 nitrogen and oxygen atoms in total. The third-order valence-electron chi connectivity index (χ3n) is 3.88. The summed E-state index contributed by atoms with van der Waals surface area (Å²) in [6.45, 7) is 2.05. The molecule has 136 valence electrons. The van der Waals surface area contributed by atoms with Gasteiger partial charge >= 0.3 is 5.97 Å². The van der Waals surface area contributed by atoms with E-state index in [1.807, 2.05) is 30.5 Å². The molecule has 0 unspecified atom stereocenters. The highest BCUT2D eigenvalue weighted by atomic mass is 32.2. The molecule has 0 saturated carbocycles. The molecule has 0 fully saturated rings. The quantitative estimate of drug-likeness (QED) is 0.620. The van der Waals surface area contributed by atoms with Crippen molar-refractivity contribution < 1.29 is 23.8 Å². The van der Waals surface area contributed by atoms with Gasteiger partial charge in [0.25, 0.3) is 5.91 Å². The maximum atomic E-state index is 12.2. The Morgan fingerprint density at radius 3 is 2.62 bits per heavy atom. The van der Waals surface area contributed by atoms with E-state index in [1.165, 1.54) is 0 Å². The number of amides is 1. The first-order valence-electron chi connectivity index (χ1n) is 8.08. The van der Waals surface area contributed by atoms with Gasteiger partial charge < -0.3 is 19.5 Å². The lowest BCUT2D eigenvalue weighted by Crippen LogP contribution is -2.35. The van der Waals surface area contributed by atoms with E-state index in [-0.39, 0.29) is 12.7 Å². The van der Waals surface area contributed by atoms with Gasteiger partial charge in [0.2, 0.25) is 6.79 Å². The number of carbonyl (C=O) groups is 2. The fourth-order valence-corrected chi connectivity index (χ4v) is 2.80. The molecular weight excluding hydrogens is 354 g/mol. The van der Waals surface area contributed by atoms with Gasteiger partial charge in [-0.15, -0.1) is 11.8 Å². The number of fused-ring (bicyclic) bond motifs is 1. The Balaban J connectivity index is 1.51. The van der Waals surface area contributed by atoms with E-state index in [0.717, 1.165) is 10.5 Å². The molecular formula is C19H19NO5S. The van der Waals surface area contributed by atoms with E-state index in [1.54, 1.807) is 36.9 Å². The number of benzene rings is 2. The monoisotopic (exact) mass is 373 g/mol. The molecule has 0 aliphatic carbocycles. The van der Waals surface area contributed by atoms with E-state index < -0.39 is 12.1 Å². The molecule has 1 amide bonds. The van der Waals surface area contributed by atoms with E-state index in [0.29, 0.717) is 23.6 Å². The summed E-state index contributed by atoms with van der Waals surface area (Å²) >= 11 is 1.59. The van der Waals surface area contributed by atoms with Crippen molar-refractivity contribution in [1.29, 1.82) is 0 Å². The average Bonchev–Trinajstić information content (AvgIpc) is 3.13. The van der Waals surface area contributed by atoms with Gasteiger partial charge in [-0.2, -0.15) is 0 Å². The summed E-state index contributed by atoms with van der Waals surface area (Å²) in [4.78, 5) is 25.3. The Morgan fingerprint density at radius 1 is 1.15 bits per heavy atom. The summed E-state index contributed by atoms with van der Waals surface area (Å²) < 4.78 is 15.8. The lowest BCUT2D eigenvalue weighted by atomic mass is 10.2. The van der Waals surface area contributed by atoms with E-state index >= 15 is 0 Å². The SMILES string of the molecule is CSc1ccc(C(=O)O[C@@H](C)C(=O)NCc2ccc3c(c2)OCO3)cc1. The highest BCUT2D eigenvalue weighted by molar-refractivity contribution is 7.98. The largest absolute Gasteiger partial charge is 0.454 e. The minimum absolute atomic E-state index is 0.204. The Labute approximate surface area is 155 Å². The molecule has 7 heteroatoms. The second-order valence-corrected chi connectivity index (χ2v) is 6.56. The van der Waals surface area contributed by atoms with E-state index in [4.69, 9.17) is 14.2 Å². The number of thioether (sulfide) groups is 1. The van der Waals surface area contributed by atoms with Crippen LogP contribution in [0.2, 0.25) is 0 Å². The van der Waals surface area contributed by atoms with Crippen LogP contribution in [0.15, 0.2) is 47.4 Å². The second-order valence-electron chi connectivity index (χ2n) is 5.68. The molecule has 3 rings (SSSR count).